The number of nitrogens with two attached hydrogens (primary N) is 1. The number of carbonyl (C=O) groups is 1. The molecule has 4 nitrogen and oxygen atoms in total. The van der Waals surface area contributed by atoms with Gasteiger partial charge in [-0.15, -0.1) is 0 Å². The summed E-state index contributed by atoms with van der Waals surface area (Å²) >= 11 is 0. The Labute approximate surface area is 113 Å². The molecular weight excluding hydrogens is 240 g/mol. The lowest BCUT2D eigenvalue weighted by Crippen LogP contribution is -2.44. The molecule has 19 heavy (non-hydrogen) atoms. The maximum Gasteiger partial charge on any atom is 0.230 e. The average molecular weight is 260 g/mol. The summed E-state index contributed by atoms with van der Waals surface area (Å²) in [4.78, 5) is 12.5. The molecule has 0 spiro atoms. The van der Waals surface area contributed by atoms with E-state index in [0.717, 1.165) is 50.1 Å². The summed E-state index contributed by atoms with van der Waals surface area (Å²) < 4.78 is 5.32. The number of amides is 1. The van der Waals surface area contributed by atoms with Gasteiger partial charge in [-0.2, -0.15) is 0 Å². The Morgan fingerprint density at radius 3 is 2.42 bits per heavy atom. The van der Waals surface area contributed by atoms with Crippen molar-refractivity contribution in [2.45, 2.75) is 37.1 Å². The van der Waals surface area contributed by atoms with Crippen LogP contribution in [0.4, 0.5) is 5.69 Å². The predicted molar refractivity (Wildman–Crippen MR) is 73.8 cm³/mol. The van der Waals surface area contributed by atoms with Gasteiger partial charge in [-0.25, -0.2) is 0 Å². The summed E-state index contributed by atoms with van der Waals surface area (Å²) in [6.45, 7) is 1.50. The average Bonchev–Trinajstić information content (AvgIpc) is 3.22. The third-order valence-corrected chi connectivity index (χ3v) is 4.20. The van der Waals surface area contributed by atoms with Gasteiger partial charge in [-0.3, -0.25) is 4.79 Å². The molecule has 1 aromatic carbocycles. The van der Waals surface area contributed by atoms with Crippen LogP contribution in [0.5, 0.6) is 0 Å². The van der Waals surface area contributed by atoms with Crippen LogP contribution in [0.1, 0.15) is 31.2 Å². The highest BCUT2D eigenvalue weighted by molar-refractivity contribution is 5.91. The van der Waals surface area contributed by atoms with Crippen molar-refractivity contribution in [1.29, 1.82) is 0 Å². The topological polar surface area (TPSA) is 64.4 Å². The van der Waals surface area contributed by atoms with Crippen molar-refractivity contribution in [3.05, 3.63) is 29.8 Å². The molecule has 0 unspecified atom stereocenters. The molecule has 4 heteroatoms. The van der Waals surface area contributed by atoms with Gasteiger partial charge < -0.3 is 15.8 Å². The van der Waals surface area contributed by atoms with Crippen LogP contribution in [0.3, 0.4) is 0 Å². The molecule has 0 atom stereocenters. The number of ether oxygens (including phenoxy) is 1. The van der Waals surface area contributed by atoms with Crippen molar-refractivity contribution in [2.75, 3.05) is 18.9 Å². The SMILES string of the molecule is Nc1ccc(C2(C(=O)NC3CCOCC3)CC2)cc1. The van der Waals surface area contributed by atoms with Crippen molar-refractivity contribution < 1.29 is 9.53 Å². The van der Waals surface area contributed by atoms with Crippen LogP contribution in [0, 0.1) is 0 Å². The summed E-state index contributed by atoms with van der Waals surface area (Å²) in [6.07, 6.45) is 3.71. The second kappa shape index (κ2) is 4.85. The maximum absolute atomic E-state index is 12.5. The molecular formula is C15H20N2O2. The Hall–Kier alpha value is -1.55. The first-order valence-electron chi connectivity index (χ1n) is 6.95. The molecule has 1 amide bonds. The Bertz CT molecular complexity index is 460. The molecule has 3 N–H and O–H groups in total. The number of anilines is 1. The van der Waals surface area contributed by atoms with Crippen LogP contribution in [0.15, 0.2) is 24.3 Å². The molecule has 3 rings (SSSR count). The number of hydrogen-bond donors (Lipinski definition) is 2. The van der Waals surface area contributed by atoms with E-state index in [0.29, 0.717) is 0 Å². The first-order valence-corrected chi connectivity index (χ1v) is 6.95. The molecule has 2 aliphatic rings. The molecule has 1 aliphatic carbocycles. The van der Waals surface area contributed by atoms with E-state index in [2.05, 4.69) is 5.32 Å². The lowest BCUT2D eigenvalue weighted by molar-refractivity contribution is -0.124. The third kappa shape index (κ3) is 2.45. The van der Waals surface area contributed by atoms with Gasteiger partial charge in [-0.1, -0.05) is 12.1 Å². The highest BCUT2D eigenvalue weighted by atomic mass is 16.5. The molecule has 1 aromatic rings. The van der Waals surface area contributed by atoms with Crippen molar-refractivity contribution in [3.63, 3.8) is 0 Å². The molecule has 0 bridgehead atoms. The van der Waals surface area contributed by atoms with Gasteiger partial charge in [0, 0.05) is 24.9 Å². The lowest BCUT2D eigenvalue weighted by Gasteiger charge is -2.26. The number of rotatable bonds is 3. The number of nitrogen functional groups attached to an aromatic ring is 1. The van der Waals surface area contributed by atoms with Gasteiger partial charge in [0.2, 0.25) is 5.91 Å². The van der Waals surface area contributed by atoms with E-state index in [9.17, 15) is 4.79 Å². The minimum Gasteiger partial charge on any atom is -0.399 e. The second-order valence-corrected chi connectivity index (χ2v) is 5.56. The molecule has 102 valence electrons. The summed E-state index contributed by atoms with van der Waals surface area (Å²) in [5.74, 6) is 0.171. The lowest BCUT2D eigenvalue weighted by atomic mass is 9.94. The van der Waals surface area contributed by atoms with Crippen molar-refractivity contribution in [1.82, 2.24) is 5.32 Å². The van der Waals surface area contributed by atoms with E-state index in [1.807, 2.05) is 24.3 Å². The molecule has 1 saturated heterocycles. The van der Waals surface area contributed by atoms with Crippen molar-refractivity contribution in [2.24, 2.45) is 0 Å². The molecule has 0 radical (unpaired) electrons. The molecule has 1 heterocycles. The number of hydrogen-bond acceptors (Lipinski definition) is 3. The van der Waals surface area contributed by atoms with Gasteiger partial charge >= 0.3 is 0 Å². The van der Waals surface area contributed by atoms with Crippen molar-refractivity contribution in [3.8, 4) is 0 Å². The van der Waals surface area contributed by atoms with E-state index >= 15 is 0 Å². The van der Waals surface area contributed by atoms with Gasteiger partial charge in [-0.05, 0) is 43.4 Å². The smallest absolute Gasteiger partial charge is 0.230 e. The van der Waals surface area contributed by atoms with Crippen LogP contribution >= 0.6 is 0 Å². The zero-order chi connectivity index (χ0) is 13.3. The third-order valence-electron chi connectivity index (χ3n) is 4.20. The zero-order valence-electron chi connectivity index (χ0n) is 11.0. The zero-order valence-corrected chi connectivity index (χ0v) is 11.0. The summed E-state index contributed by atoms with van der Waals surface area (Å²) in [7, 11) is 0. The van der Waals surface area contributed by atoms with Gasteiger partial charge in [0.1, 0.15) is 0 Å². The van der Waals surface area contributed by atoms with E-state index in [-0.39, 0.29) is 17.4 Å². The maximum atomic E-state index is 12.5. The van der Waals surface area contributed by atoms with Crippen LogP contribution < -0.4 is 11.1 Å². The van der Waals surface area contributed by atoms with Gasteiger partial charge in [0.05, 0.1) is 5.41 Å². The van der Waals surface area contributed by atoms with Crippen LogP contribution in [0.2, 0.25) is 0 Å². The summed E-state index contributed by atoms with van der Waals surface area (Å²) in [5.41, 5.74) is 7.23. The minimum atomic E-state index is -0.300. The molecule has 2 fully saturated rings. The van der Waals surface area contributed by atoms with Gasteiger partial charge in [0.25, 0.3) is 0 Å². The highest BCUT2D eigenvalue weighted by Gasteiger charge is 2.51. The van der Waals surface area contributed by atoms with E-state index < -0.39 is 0 Å². The number of benzene rings is 1. The minimum absolute atomic E-state index is 0.171. The van der Waals surface area contributed by atoms with E-state index in [4.69, 9.17) is 10.5 Å². The largest absolute Gasteiger partial charge is 0.399 e. The second-order valence-electron chi connectivity index (χ2n) is 5.56. The highest BCUT2D eigenvalue weighted by Crippen LogP contribution is 2.48. The van der Waals surface area contributed by atoms with E-state index in [1.54, 1.807) is 0 Å². The van der Waals surface area contributed by atoms with E-state index in [1.165, 1.54) is 0 Å². The fraction of sp³-hybridized carbons (Fsp3) is 0.533. The predicted octanol–water partition coefficient (Wildman–Crippen LogP) is 1.60. The Kier molecular flexibility index (Phi) is 3.19. The molecule has 1 aliphatic heterocycles. The van der Waals surface area contributed by atoms with Crippen LogP contribution in [0.25, 0.3) is 0 Å². The fourth-order valence-electron chi connectivity index (χ4n) is 2.74. The quantitative estimate of drug-likeness (QED) is 0.811. The molecule has 1 saturated carbocycles. The number of carbonyl (C=O) groups excluding carboxylic acids is 1. The Morgan fingerprint density at radius 2 is 1.84 bits per heavy atom. The normalized spacial score (nSPS) is 21.9. The standard InChI is InChI=1S/C15H20N2O2/c16-12-3-1-11(2-4-12)15(7-8-15)14(18)17-13-5-9-19-10-6-13/h1-4,13H,5-10,16H2,(H,17,18). The Balaban J connectivity index is 1.70. The van der Waals surface area contributed by atoms with Gasteiger partial charge in [0.15, 0.2) is 0 Å². The van der Waals surface area contributed by atoms with Crippen LogP contribution in [-0.2, 0) is 14.9 Å². The summed E-state index contributed by atoms with van der Waals surface area (Å²) in [6, 6.07) is 7.97. The fourth-order valence-corrected chi connectivity index (χ4v) is 2.74. The first kappa shape index (κ1) is 12.5. The summed E-state index contributed by atoms with van der Waals surface area (Å²) in [5, 5.41) is 3.18. The van der Waals surface area contributed by atoms with Crippen molar-refractivity contribution >= 4 is 11.6 Å². The monoisotopic (exact) mass is 260 g/mol. The number of nitrogens with one attached hydrogen (secondary N) is 1. The van der Waals surface area contributed by atoms with Crippen LogP contribution in [-0.4, -0.2) is 25.2 Å². The first-order chi connectivity index (χ1) is 9.21. The molecule has 0 aromatic heterocycles. The Morgan fingerprint density at radius 1 is 1.21 bits per heavy atom.